The molecule has 0 amide bonds. The molecule has 0 radical (unpaired) electrons. The average Bonchev–Trinajstić information content (AvgIpc) is 2.99. The van der Waals surface area contributed by atoms with Gasteiger partial charge in [-0.1, -0.05) is 17.7 Å². The number of aliphatic hydroxyl groups excluding tert-OH is 1. The van der Waals surface area contributed by atoms with Crippen molar-refractivity contribution in [2.45, 2.75) is 25.0 Å². The normalized spacial score (nSPS) is 29.3. The maximum Gasteiger partial charge on any atom is 0.151 e. The van der Waals surface area contributed by atoms with Gasteiger partial charge in [0, 0.05) is 24.3 Å². The minimum absolute atomic E-state index is 0.188. The molecular formula is C18H20ClN3O2. The summed E-state index contributed by atoms with van der Waals surface area (Å²) in [5.74, 6) is 2.60. The van der Waals surface area contributed by atoms with Gasteiger partial charge in [0.05, 0.1) is 6.10 Å². The van der Waals surface area contributed by atoms with E-state index in [1.54, 1.807) is 12.3 Å². The number of aromatic nitrogens is 2. The first-order chi connectivity index (χ1) is 11.7. The number of ether oxygens (including phenoxy) is 1. The van der Waals surface area contributed by atoms with Gasteiger partial charge < -0.3 is 14.7 Å². The Balaban J connectivity index is 1.44. The van der Waals surface area contributed by atoms with Crippen LogP contribution in [0.4, 0.5) is 5.82 Å². The first-order valence-corrected chi connectivity index (χ1v) is 8.70. The maximum atomic E-state index is 10.5. The smallest absolute Gasteiger partial charge is 0.151 e. The quantitative estimate of drug-likeness (QED) is 0.927. The van der Waals surface area contributed by atoms with Gasteiger partial charge in [0.2, 0.25) is 0 Å². The zero-order chi connectivity index (χ0) is 16.5. The number of aliphatic hydroxyl groups is 1. The van der Waals surface area contributed by atoms with Crippen LogP contribution in [0, 0.1) is 11.8 Å². The van der Waals surface area contributed by atoms with E-state index in [1.807, 2.05) is 30.3 Å². The SMILES string of the molecule is O[C@@H]1C[C@H]2CN(c3cccnn3)C[C@H]2C[C@H]1Oc1cccc(Cl)c1. The molecule has 5 nitrogen and oxygen atoms in total. The summed E-state index contributed by atoms with van der Waals surface area (Å²) >= 11 is 6.01. The van der Waals surface area contributed by atoms with Gasteiger partial charge in [0.1, 0.15) is 11.9 Å². The van der Waals surface area contributed by atoms with Crippen LogP contribution in [0.25, 0.3) is 0 Å². The highest BCUT2D eigenvalue weighted by atomic mass is 35.5. The van der Waals surface area contributed by atoms with Crippen molar-refractivity contribution < 1.29 is 9.84 Å². The van der Waals surface area contributed by atoms with Crippen LogP contribution in [0.1, 0.15) is 12.8 Å². The predicted octanol–water partition coefficient (Wildman–Crippen LogP) is 2.78. The molecule has 0 spiro atoms. The summed E-state index contributed by atoms with van der Waals surface area (Å²) in [4.78, 5) is 2.26. The van der Waals surface area contributed by atoms with Gasteiger partial charge in [0.25, 0.3) is 0 Å². The Kier molecular flexibility index (Phi) is 4.29. The summed E-state index contributed by atoms with van der Waals surface area (Å²) in [5.41, 5.74) is 0. The molecule has 1 aromatic heterocycles. The number of halogens is 1. The third-order valence-corrected chi connectivity index (χ3v) is 5.29. The van der Waals surface area contributed by atoms with Gasteiger partial charge in [-0.25, -0.2) is 0 Å². The highest BCUT2D eigenvalue weighted by Gasteiger charge is 2.43. The van der Waals surface area contributed by atoms with Crippen LogP contribution in [-0.2, 0) is 0 Å². The first kappa shape index (κ1) is 15.7. The Bertz CT molecular complexity index is 700. The lowest BCUT2D eigenvalue weighted by Crippen LogP contribution is -2.42. The fraction of sp³-hybridized carbons (Fsp3) is 0.444. The summed E-state index contributed by atoms with van der Waals surface area (Å²) in [6, 6.07) is 11.2. The molecule has 126 valence electrons. The van der Waals surface area contributed by atoms with E-state index >= 15 is 0 Å². The Morgan fingerprint density at radius 2 is 1.96 bits per heavy atom. The molecule has 1 saturated carbocycles. The Morgan fingerprint density at radius 3 is 2.71 bits per heavy atom. The summed E-state index contributed by atoms with van der Waals surface area (Å²) in [6.45, 7) is 1.86. The molecule has 0 unspecified atom stereocenters. The largest absolute Gasteiger partial charge is 0.488 e. The maximum absolute atomic E-state index is 10.5. The molecule has 24 heavy (non-hydrogen) atoms. The minimum Gasteiger partial charge on any atom is -0.488 e. The van der Waals surface area contributed by atoms with E-state index in [9.17, 15) is 5.11 Å². The number of nitrogens with zero attached hydrogens (tertiary/aromatic N) is 3. The summed E-state index contributed by atoms with van der Waals surface area (Å²) < 4.78 is 6.02. The Morgan fingerprint density at radius 1 is 1.12 bits per heavy atom. The molecule has 1 aliphatic carbocycles. The van der Waals surface area contributed by atoms with Gasteiger partial charge in [-0.05, 0) is 55.0 Å². The lowest BCUT2D eigenvalue weighted by molar-refractivity contribution is -0.0231. The lowest BCUT2D eigenvalue weighted by atomic mass is 9.78. The number of rotatable bonds is 3. The molecule has 4 rings (SSSR count). The third-order valence-electron chi connectivity index (χ3n) is 5.05. The number of hydrogen-bond donors (Lipinski definition) is 1. The van der Waals surface area contributed by atoms with E-state index in [4.69, 9.17) is 16.3 Å². The second-order valence-corrected chi connectivity index (χ2v) is 7.10. The molecule has 2 aliphatic rings. The van der Waals surface area contributed by atoms with Gasteiger partial charge in [-0.2, -0.15) is 5.10 Å². The molecule has 2 heterocycles. The number of benzene rings is 1. The van der Waals surface area contributed by atoms with E-state index in [-0.39, 0.29) is 6.10 Å². The zero-order valence-electron chi connectivity index (χ0n) is 13.3. The van der Waals surface area contributed by atoms with Crippen molar-refractivity contribution in [2.24, 2.45) is 11.8 Å². The van der Waals surface area contributed by atoms with Crippen LogP contribution in [0.3, 0.4) is 0 Å². The highest BCUT2D eigenvalue weighted by molar-refractivity contribution is 6.30. The average molecular weight is 346 g/mol. The number of fused-ring (bicyclic) bond motifs is 1. The zero-order valence-corrected chi connectivity index (χ0v) is 14.0. The minimum atomic E-state index is -0.452. The van der Waals surface area contributed by atoms with E-state index in [2.05, 4.69) is 15.1 Å². The van der Waals surface area contributed by atoms with Crippen molar-refractivity contribution in [3.63, 3.8) is 0 Å². The van der Waals surface area contributed by atoms with Crippen LogP contribution in [0.2, 0.25) is 5.02 Å². The molecule has 0 bridgehead atoms. The van der Waals surface area contributed by atoms with E-state index in [0.717, 1.165) is 31.7 Å². The number of anilines is 1. The summed E-state index contributed by atoms with van der Waals surface area (Å²) in [5, 5.41) is 19.3. The van der Waals surface area contributed by atoms with Crippen molar-refractivity contribution >= 4 is 17.4 Å². The predicted molar refractivity (Wildman–Crippen MR) is 92.3 cm³/mol. The molecular weight excluding hydrogens is 326 g/mol. The second-order valence-electron chi connectivity index (χ2n) is 6.66. The molecule has 4 atom stereocenters. The molecule has 2 aromatic rings. The fourth-order valence-electron chi connectivity index (χ4n) is 3.88. The standard InChI is InChI=1S/C18H20ClN3O2/c19-14-3-1-4-15(9-14)24-17-8-13-11-22(10-12(13)7-16(17)23)18-5-2-6-20-21-18/h1-6,9,12-13,16-17,23H,7-8,10-11H2/t12-,13+,16+,17+/m0/s1. The summed E-state index contributed by atoms with van der Waals surface area (Å²) in [7, 11) is 0. The van der Waals surface area contributed by atoms with Crippen molar-refractivity contribution in [1.29, 1.82) is 0 Å². The van der Waals surface area contributed by atoms with Crippen LogP contribution in [0.15, 0.2) is 42.6 Å². The first-order valence-electron chi connectivity index (χ1n) is 8.32. The molecule has 1 N–H and O–H groups in total. The molecule has 1 aromatic carbocycles. The topological polar surface area (TPSA) is 58.5 Å². The molecule has 6 heteroatoms. The Hall–Kier alpha value is -1.85. The highest BCUT2D eigenvalue weighted by Crippen LogP contribution is 2.39. The van der Waals surface area contributed by atoms with Crippen LogP contribution in [-0.4, -0.2) is 40.6 Å². The van der Waals surface area contributed by atoms with Crippen molar-refractivity contribution in [2.75, 3.05) is 18.0 Å². The monoisotopic (exact) mass is 345 g/mol. The lowest BCUT2D eigenvalue weighted by Gasteiger charge is -2.35. The second kappa shape index (κ2) is 6.57. The summed E-state index contributed by atoms with van der Waals surface area (Å²) in [6.07, 6.45) is 2.64. The Labute approximate surface area is 146 Å². The van der Waals surface area contributed by atoms with Gasteiger partial charge in [-0.15, -0.1) is 5.10 Å². The van der Waals surface area contributed by atoms with E-state index in [1.165, 1.54) is 0 Å². The van der Waals surface area contributed by atoms with Crippen molar-refractivity contribution in [3.8, 4) is 5.75 Å². The van der Waals surface area contributed by atoms with E-state index in [0.29, 0.717) is 22.6 Å². The fourth-order valence-corrected chi connectivity index (χ4v) is 4.06. The van der Waals surface area contributed by atoms with Crippen LogP contribution in [0.5, 0.6) is 5.75 Å². The van der Waals surface area contributed by atoms with Crippen LogP contribution < -0.4 is 9.64 Å². The van der Waals surface area contributed by atoms with E-state index < -0.39 is 6.10 Å². The molecule has 1 saturated heterocycles. The third kappa shape index (κ3) is 3.19. The molecule has 2 fully saturated rings. The van der Waals surface area contributed by atoms with Crippen molar-refractivity contribution in [3.05, 3.63) is 47.6 Å². The number of hydrogen-bond acceptors (Lipinski definition) is 5. The van der Waals surface area contributed by atoms with Gasteiger partial charge >= 0.3 is 0 Å². The molecule has 1 aliphatic heterocycles. The van der Waals surface area contributed by atoms with Gasteiger partial charge in [0.15, 0.2) is 5.82 Å². The van der Waals surface area contributed by atoms with Crippen LogP contribution >= 0.6 is 11.6 Å². The van der Waals surface area contributed by atoms with Crippen molar-refractivity contribution in [1.82, 2.24) is 10.2 Å². The van der Waals surface area contributed by atoms with Gasteiger partial charge in [-0.3, -0.25) is 0 Å².